The highest BCUT2D eigenvalue weighted by Gasteiger charge is 2.43. The molecule has 2 unspecified atom stereocenters. The van der Waals surface area contributed by atoms with Crippen molar-refractivity contribution in [2.45, 2.75) is 18.4 Å². The normalized spacial score (nSPS) is 14.4. The topological polar surface area (TPSA) is 52.3 Å². The summed E-state index contributed by atoms with van der Waals surface area (Å²) in [5, 5.41) is 2.00. The summed E-state index contributed by atoms with van der Waals surface area (Å²) in [5.74, 6) is -0.755. The minimum absolute atomic E-state index is 0.277. The van der Waals surface area contributed by atoms with Crippen molar-refractivity contribution in [3.05, 3.63) is 94.2 Å². The lowest BCUT2D eigenvalue weighted by atomic mass is 9.75. The van der Waals surface area contributed by atoms with Crippen molar-refractivity contribution in [1.29, 1.82) is 0 Å². The molecule has 0 saturated carbocycles. The summed E-state index contributed by atoms with van der Waals surface area (Å²) in [6, 6.07) is 24.0. The molecule has 0 aliphatic heterocycles. The average Bonchev–Trinajstić information content (AvgIpc) is 3.22. The maximum Gasteiger partial charge on any atom is 0.311 e. The van der Waals surface area contributed by atoms with E-state index in [2.05, 4.69) is 0 Å². The van der Waals surface area contributed by atoms with E-state index in [-0.39, 0.29) is 5.97 Å². The zero-order chi connectivity index (χ0) is 18.4. The Morgan fingerprint density at radius 2 is 1.62 bits per heavy atom. The van der Waals surface area contributed by atoms with E-state index in [1.54, 1.807) is 11.3 Å². The van der Waals surface area contributed by atoms with Crippen LogP contribution in [0.3, 0.4) is 0 Å². The Balaban J connectivity index is 2.02. The minimum Gasteiger partial charge on any atom is -0.469 e. The fourth-order valence-corrected chi connectivity index (χ4v) is 4.22. The summed E-state index contributed by atoms with van der Waals surface area (Å²) in [7, 11) is 1.43. The van der Waals surface area contributed by atoms with Crippen molar-refractivity contribution >= 4 is 17.3 Å². The minimum atomic E-state index is -0.835. The fourth-order valence-electron chi connectivity index (χ4n) is 3.33. The molecule has 134 valence electrons. The highest BCUT2D eigenvalue weighted by atomic mass is 32.1. The second-order valence-corrected chi connectivity index (χ2v) is 7.39. The van der Waals surface area contributed by atoms with Gasteiger partial charge in [0.05, 0.1) is 18.6 Å². The van der Waals surface area contributed by atoms with Gasteiger partial charge in [0.25, 0.3) is 0 Å². The van der Waals surface area contributed by atoms with Crippen molar-refractivity contribution in [3.8, 4) is 0 Å². The Hall–Kier alpha value is -2.43. The van der Waals surface area contributed by atoms with Crippen LogP contribution in [-0.4, -0.2) is 13.1 Å². The number of thiophene rings is 1. The van der Waals surface area contributed by atoms with Crippen molar-refractivity contribution in [2.24, 2.45) is 11.7 Å². The first-order valence-electron chi connectivity index (χ1n) is 8.62. The third kappa shape index (κ3) is 4.03. The first kappa shape index (κ1) is 18.4. The van der Waals surface area contributed by atoms with Crippen LogP contribution in [0.25, 0.3) is 0 Å². The van der Waals surface area contributed by atoms with Crippen molar-refractivity contribution < 1.29 is 9.53 Å². The SMILES string of the molecule is COC(=O)C(Cc1ccccc1)C(N)(Cc1ccccc1)c1cccs1. The summed E-state index contributed by atoms with van der Waals surface area (Å²) in [6.45, 7) is 0. The first-order chi connectivity index (χ1) is 12.6. The predicted molar refractivity (Wildman–Crippen MR) is 106 cm³/mol. The summed E-state index contributed by atoms with van der Waals surface area (Å²) in [6.07, 6.45) is 1.11. The van der Waals surface area contributed by atoms with Crippen LogP contribution in [0.2, 0.25) is 0 Å². The molecule has 0 saturated heterocycles. The quantitative estimate of drug-likeness (QED) is 0.639. The van der Waals surface area contributed by atoms with E-state index in [0.717, 1.165) is 16.0 Å². The smallest absolute Gasteiger partial charge is 0.311 e. The molecule has 4 heteroatoms. The monoisotopic (exact) mass is 365 g/mol. The van der Waals surface area contributed by atoms with Gasteiger partial charge in [-0.25, -0.2) is 0 Å². The van der Waals surface area contributed by atoms with E-state index in [1.165, 1.54) is 7.11 Å². The largest absolute Gasteiger partial charge is 0.469 e. The maximum absolute atomic E-state index is 12.8. The number of hydrogen-bond acceptors (Lipinski definition) is 4. The number of rotatable bonds is 7. The van der Waals surface area contributed by atoms with Gasteiger partial charge in [-0.2, -0.15) is 0 Å². The van der Waals surface area contributed by atoms with Gasteiger partial charge in [-0.05, 0) is 35.4 Å². The summed E-state index contributed by atoms with van der Waals surface area (Å²) >= 11 is 1.58. The first-order valence-corrected chi connectivity index (χ1v) is 9.50. The lowest BCUT2D eigenvalue weighted by Crippen LogP contribution is -2.50. The van der Waals surface area contributed by atoms with Crippen molar-refractivity contribution in [2.75, 3.05) is 7.11 Å². The molecular formula is C22H23NO2S. The second kappa shape index (κ2) is 8.30. The van der Waals surface area contributed by atoms with Crippen LogP contribution in [-0.2, 0) is 27.9 Å². The molecule has 1 heterocycles. The standard InChI is InChI=1S/C22H23NO2S/c1-25-21(24)19(15-17-9-4-2-5-10-17)22(23,20-13-8-14-26-20)16-18-11-6-3-7-12-18/h2-14,19H,15-16,23H2,1H3. The number of methoxy groups -OCH3 is 1. The van der Waals surface area contributed by atoms with Gasteiger partial charge in [-0.1, -0.05) is 66.7 Å². The van der Waals surface area contributed by atoms with Gasteiger partial charge in [-0.15, -0.1) is 11.3 Å². The molecule has 0 aliphatic rings. The van der Waals surface area contributed by atoms with E-state index < -0.39 is 11.5 Å². The molecule has 2 N–H and O–H groups in total. The van der Waals surface area contributed by atoms with Gasteiger partial charge in [0, 0.05) is 4.88 Å². The summed E-state index contributed by atoms with van der Waals surface area (Å²) < 4.78 is 5.15. The van der Waals surface area contributed by atoms with E-state index >= 15 is 0 Å². The molecule has 0 spiro atoms. The Morgan fingerprint density at radius 3 is 2.15 bits per heavy atom. The average molecular weight is 365 g/mol. The molecular weight excluding hydrogens is 342 g/mol. The van der Waals surface area contributed by atoms with E-state index in [9.17, 15) is 4.79 Å². The van der Waals surface area contributed by atoms with Crippen LogP contribution in [0.5, 0.6) is 0 Å². The number of benzene rings is 2. The van der Waals surface area contributed by atoms with Crippen LogP contribution >= 0.6 is 11.3 Å². The Labute approximate surface area is 158 Å². The predicted octanol–water partition coefficient (Wildman–Crippen LogP) is 4.18. The lowest BCUT2D eigenvalue weighted by molar-refractivity contribution is -0.148. The number of nitrogens with two attached hydrogens (primary N) is 1. The summed E-state index contributed by atoms with van der Waals surface area (Å²) in [5.41, 5.74) is 8.31. The Morgan fingerprint density at radius 1 is 1.00 bits per heavy atom. The van der Waals surface area contributed by atoms with E-state index in [1.807, 2.05) is 78.2 Å². The van der Waals surface area contributed by atoms with Gasteiger partial charge in [-0.3, -0.25) is 4.79 Å². The van der Waals surface area contributed by atoms with Gasteiger partial charge in [0.2, 0.25) is 0 Å². The van der Waals surface area contributed by atoms with E-state index in [0.29, 0.717) is 12.8 Å². The van der Waals surface area contributed by atoms with Crippen LogP contribution in [0.4, 0.5) is 0 Å². The number of esters is 1. The highest BCUT2D eigenvalue weighted by molar-refractivity contribution is 7.10. The number of ether oxygens (including phenoxy) is 1. The third-order valence-corrected chi connectivity index (χ3v) is 5.77. The molecule has 2 atom stereocenters. The maximum atomic E-state index is 12.8. The molecule has 0 bridgehead atoms. The molecule has 0 fully saturated rings. The highest BCUT2D eigenvalue weighted by Crippen LogP contribution is 2.36. The molecule has 0 amide bonds. The van der Waals surface area contributed by atoms with Gasteiger partial charge in [0.1, 0.15) is 0 Å². The van der Waals surface area contributed by atoms with Crippen molar-refractivity contribution in [1.82, 2.24) is 0 Å². The van der Waals surface area contributed by atoms with Crippen LogP contribution in [0, 0.1) is 5.92 Å². The molecule has 3 rings (SSSR count). The van der Waals surface area contributed by atoms with E-state index in [4.69, 9.17) is 10.5 Å². The molecule has 0 radical (unpaired) electrons. The van der Waals surface area contributed by atoms with Crippen LogP contribution in [0.15, 0.2) is 78.2 Å². The molecule has 0 aliphatic carbocycles. The van der Waals surface area contributed by atoms with Gasteiger partial charge >= 0.3 is 5.97 Å². The Bertz CT molecular complexity index is 818. The fraction of sp³-hybridized carbons (Fsp3) is 0.227. The number of hydrogen-bond donors (Lipinski definition) is 1. The summed E-state index contributed by atoms with van der Waals surface area (Å²) in [4.78, 5) is 13.7. The number of carbonyl (C=O) groups is 1. The van der Waals surface area contributed by atoms with Crippen LogP contribution < -0.4 is 5.73 Å². The third-order valence-electron chi connectivity index (χ3n) is 4.71. The Kier molecular flexibility index (Phi) is 5.86. The van der Waals surface area contributed by atoms with Gasteiger partial charge < -0.3 is 10.5 Å². The lowest BCUT2D eigenvalue weighted by Gasteiger charge is -2.35. The molecule has 3 aromatic rings. The molecule has 3 nitrogen and oxygen atoms in total. The molecule has 26 heavy (non-hydrogen) atoms. The molecule has 1 aromatic heterocycles. The van der Waals surface area contributed by atoms with Crippen LogP contribution in [0.1, 0.15) is 16.0 Å². The van der Waals surface area contributed by atoms with Gasteiger partial charge in [0.15, 0.2) is 0 Å². The molecule has 2 aromatic carbocycles. The zero-order valence-corrected chi connectivity index (χ0v) is 15.6. The van der Waals surface area contributed by atoms with Crippen molar-refractivity contribution in [3.63, 3.8) is 0 Å². The zero-order valence-electron chi connectivity index (χ0n) is 14.8. The number of carbonyl (C=O) groups excluding carboxylic acids is 1. The second-order valence-electron chi connectivity index (χ2n) is 6.45.